The summed E-state index contributed by atoms with van der Waals surface area (Å²) in [6, 6.07) is 13.8. The molecule has 9 nitrogen and oxygen atoms in total. The number of anilines is 3. The quantitative estimate of drug-likeness (QED) is 0.460. The molecule has 1 fully saturated rings. The molecule has 1 aliphatic heterocycles. The topological polar surface area (TPSA) is 83.6 Å². The van der Waals surface area contributed by atoms with E-state index in [1.54, 1.807) is 26.4 Å². The third-order valence-corrected chi connectivity index (χ3v) is 6.94. The Hall–Kier alpha value is -3.69. The predicted octanol–water partition coefficient (Wildman–Crippen LogP) is 3.11. The minimum absolute atomic E-state index is 0.291. The Morgan fingerprint density at radius 2 is 1.75 bits per heavy atom. The first-order chi connectivity index (χ1) is 17.4. The van der Waals surface area contributed by atoms with Gasteiger partial charge >= 0.3 is 5.69 Å². The van der Waals surface area contributed by atoms with Crippen LogP contribution < -0.4 is 21.4 Å². The van der Waals surface area contributed by atoms with E-state index in [-0.39, 0.29) is 5.69 Å². The summed E-state index contributed by atoms with van der Waals surface area (Å²) in [4.78, 5) is 31.8. The van der Waals surface area contributed by atoms with E-state index in [1.807, 2.05) is 31.2 Å². The van der Waals surface area contributed by atoms with Crippen LogP contribution in [-0.4, -0.2) is 64.3 Å². The first-order valence-corrected chi connectivity index (χ1v) is 12.2. The van der Waals surface area contributed by atoms with Crippen LogP contribution in [-0.2, 0) is 7.05 Å². The molecule has 186 valence electrons. The number of rotatable bonds is 4. The van der Waals surface area contributed by atoms with Gasteiger partial charge in [0.05, 0.1) is 16.1 Å². The van der Waals surface area contributed by atoms with Gasteiger partial charge in [-0.1, -0.05) is 23.7 Å². The lowest BCUT2D eigenvalue weighted by atomic mass is 10.2. The summed E-state index contributed by atoms with van der Waals surface area (Å²) in [5.74, 6) is 0.401. The zero-order valence-corrected chi connectivity index (χ0v) is 21.6. The number of aromatic nitrogens is 4. The molecule has 10 heteroatoms. The van der Waals surface area contributed by atoms with E-state index in [0.29, 0.717) is 33.2 Å². The smallest absolute Gasteiger partial charge is 0.335 e. The molecular weight excluding hydrogens is 476 g/mol. The fourth-order valence-corrected chi connectivity index (χ4v) is 4.88. The number of likely N-dealkylation sites (N-methyl/N-ethyl adjacent to an activating group) is 1. The zero-order chi connectivity index (χ0) is 25.4. The summed E-state index contributed by atoms with van der Waals surface area (Å²) < 4.78 is 3.02. The number of aryl methyl sites for hydroxylation is 2. The van der Waals surface area contributed by atoms with Gasteiger partial charge in [-0.2, -0.15) is 4.98 Å². The van der Waals surface area contributed by atoms with Gasteiger partial charge in [0, 0.05) is 57.8 Å². The maximum Gasteiger partial charge on any atom is 0.335 e. The van der Waals surface area contributed by atoms with Gasteiger partial charge < -0.3 is 15.1 Å². The molecule has 0 bridgehead atoms. The Bertz CT molecular complexity index is 1530. The van der Waals surface area contributed by atoms with Gasteiger partial charge in [-0.05, 0) is 49.9 Å². The molecule has 1 saturated heterocycles. The Balaban J connectivity index is 1.50. The number of para-hydroxylation sites is 1. The number of fused-ring (bicyclic) bond motifs is 1. The highest BCUT2D eigenvalue weighted by molar-refractivity contribution is 6.32. The molecular formula is C26H29ClN8O. The van der Waals surface area contributed by atoms with E-state index in [2.05, 4.69) is 49.3 Å². The molecule has 0 spiro atoms. The number of benzene rings is 2. The molecule has 3 heterocycles. The summed E-state index contributed by atoms with van der Waals surface area (Å²) in [6.07, 6.45) is 1.69. The molecule has 5 rings (SSSR count). The van der Waals surface area contributed by atoms with Crippen LogP contribution in [0.1, 0.15) is 5.56 Å². The molecule has 2 aromatic carbocycles. The van der Waals surface area contributed by atoms with Crippen molar-refractivity contribution in [3.8, 4) is 5.69 Å². The highest BCUT2D eigenvalue weighted by atomic mass is 35.5. The molecule has 0 radical (unpaired) electrons. The molecule has 0 saturated carbocycles. The Labute approximate surface area is 214 Å². The summed E-state index contributed by atoms with van der Waals surface area (Å²) in [7, 11) is 5.48. The van der Waals surface area contributed by atoms with Gasteiger partial charge in [0.15, 0.2) is 5.65 Å². The first-order valence-electron chi connectivity index (χ1n) is 11.8. The summed E-state index contributed by atoms with van der Waals surface area (Å²) >= 11 is 6.49. The van der Waals surface area contributed by atoms with Crippen LogP contribution in [0.2, 0.25) is 5.02 Å². The van der Waals surface area contributed by atoms with Crippen molar-refractivity contribution in [3.63, 3.8) is 0 Å². The lowest BCUT2D eigenvalue weighted by molar-refractivity contribution is 0.313. The van der Waals surface area contributed by atoms with E-state index in [0.717, 1.165) is 37.4 Å². The molecule has 0 aliphatic carbocycles. The van der Waals surface area contributed by atoms with Crippen LogP contribution in [0.15, 0.2) is 58.4 Å². The molecule has 36 heavy (non-hydrogen) atoms. The number of nitrogens with one attached hydrogen (secondary N) is 1. The van der Waals surface area contributed by atoms with Crippen molar-refractivity contribution >= 4 is 40.0 Å². The lowest BCUT2D eigenvalue weighted by Gasteiger charge is -2.34. The SMILES string of the molecule is CN=c1c2cnc(Nc3ccc(N4CCN(C)CC4)cc3)nc2n(C)c(=O)n1-c1c(C)cccc1Cl. The normalized spacial score (nSPS) is 15.0. The highest BCUT2D eigenvalue weighted by Crippen LogP contribution is 2.23. The summed E-state index contributed by atoms with van der Waals surface area (Å²) in [5, 5.41) is 4.38. The average Bonchev–Trinajstić information content (AvgIpc) is 2.88. The zero-order valence-electron chi connectivity index (χ0n) is 20.9. The van der Waals surface area contributed by atoms with Crippen LogP contribution in [0.4, 0.5) is 17.3 Å². The lowest BCUT2D eigenvalue weighted by Crippen LogP contribution is -2.44. The number of nitrogens with zero attached hydrogens (tertiary/aromatic N) is 7. The van der Waals surface area contributed by atoms with Crippen molar-refractivity contribution in [3.05, 3.63) is 75.2 Å². The van der Waals surface area contributed by atoms with Crippen molar-refractivity contribution in [1.82, 2.24) is 24.0 Å². The van der Waals surface area contributed by atoms with Crippen molar-refractivity contribution in [2.75, 3.05) is 50.5 Å². The van der Waals surface area contributed by atoms with Crippen LogP contribution in [0.5, 0.6) is 0 Å². The van der Waals surface area contributed by atoms with Crippen molar-refractivity contribution in [2.45, 2.75) is 6.92 Å². The molecule has 1 N–H and O–H groups in total. The second-order valence-electron chi connectivity index (χ2n) is 9.02. The molecule has 2 aromatic heterocycles. The fourth-order valence-electron chi connectivity index (χ4n) is 4.58. The highest BCUT2D eigenvalue weighted by Gasteiger charge is 2.17. The first kappa shape index (κ1) is 24.0. The number of hydrogen-bond donors (Lipinski definition) is 1. The fraction of sp³-hybridized carbons (Fsp3) is 0.308. The summed E-state index contributed by atoms with van der Waals surface area (Å²) in [5.41, 5.74) is 4.18. The number of piperazine rings is 1. The Kier molecular flexibility index (Phi) is 6.51. The second kappa shape index (κ2) is 9.75. The van der Waals surface area contributed by atoms with E-state index in [1.165, 1.54) is 14.8 Å². The molecule has 0 atom stereocenters. The second-order valence-corrected chi connectivity index (χ2v) is 9.43. The van der Waals surface area contributed by atoms with Gasteiger partial charge in [0.25, 0.3) is 0 Å². The van der Waals surface area contributed by atoms with Gasteiger partial charge in [0.2, 0.25) is 5.95 Å². The minimum Gasteiger partial charge on any atom is -0.369 e. The predicted molar refractivity (Wildman–Crippen MR) is 145 cm³/mol. The van der Waals surface area contributed by atoms with Gasteiger partial charge in [0.1, 0.15) is 5.49 Å². The maximum absolute atomic E-state index is 13.5. The van der Waals surface area contributed by atoms with Crippen molar-refractivity contribution in [2.24, 2.45) is 12.0 Å². The summed E-state index contributed by atoms with van der Waals surface area (Å²) in [6.45, 7) is 6.07. The number of hydrogen-bond acceptors (Lipinski definition) is 7. The Morgan fingerprint density at radius 3 is 2.42 bits per heavy atom. The van der Waals surface area contributed by atoms with E-state index in [9.17, 15) is 4.79 Å². The van der Waals surface area contributed by atoms with Crippen molar-refractivity contribution < 1.29 is 0 Å². The van der Waals surface area contributed by atoms with Crippen molar-refractivity contribution in [1.29, 1.82) is 0 Å². The van der Waals surface area contributed by atoms with Crippen LogP contribution in [0, 0.1) is 6.92 Å². The van der Waals surface area contributed by atoms with Gasteiger partial charge in [-0.3, -0.25) is 9.56 Å². The van der Waals surface area contributed by atoms with E-state index in [4.69, 9.17) is 11.6 Å². The molecule has 0 unspecified atom stereocenters. The standard InChI is InChI=1S/C26H29ClN8O/c1-17-6-5-7-21(27)22(17)35-23(28-2)20-16-29-25(31-24(20)33(4)26(35)36)30-18-8-10-19(11-9-18)34-14-12-32(3)13-15-34/h5-11,16H,12-15H2,1-4H3,(H,29,30,31). The maximum atomic E-state index is 13.5. The van der Waals surface area contributed by atoms with Gasteiger partial charge in [-0.25, -0.2) is 14.3 Å². The Morgan fingerprint density at radius 1 is 1.03 bits per heavy atom. The van der Waals surface area contributed by atoms with Crippen LogP contribution in [0.25, 0.3) is 16.7 Å². The van der Waals surface area contributed by atoms with E-state index < -0.39 is 0 Å². The van der Waals surface area contributed by atoms with E-state index >= 15 is 0 Å². The largest absolute Gasteiger partial charge is 0.369 e. The number of halogens is 1. The molecule has 1 aliphatic rings. The third kappa shape index (κ3) is 4.36. The van der Waals surface area contributed by atoms with Gasteiger partial charge in [-0.15, -0.1) is 0 Å². The average molecular weight is 505 g/mol. The van der Waals surface area contributed by atoms with Crippen LogP contribution >= 0.6 is 11.6 Å². The monoisotopic (exact) mass is 504 g/mol. The third-order valence-electron chi connectivity index (χ3n) is 6.63. The van der Waals surface area contributed by atoms with Crippen LogP contribution in [0.3, 0.4) is 0 Å². The molecule has 0 amide bonds. The minimum atomic E-state index is -0.291. The molecule has 4 aromatic rings.